The number of imide groups is 1. The molecule has 4 rings (SSSR count). The molecule has 1 aromatic heterocycles. The molecule has 0 aliphatic carbocycles. The molecule has 14 nitrogen and oxygen atoms in total. The standard InChI is InChI=1S/C28H39FN5O9P/c1-18(35)33(25(36)39-17-40-44(38,42-27(2,3)4)43-28(5,6)7)14-21-15-34(26(37)41-21)20-9-10-24(22(29)11-20)32-13-19-12-31(8)30-23(19)16-32/h9-12,21H,13-17H2,1-8H3/t21-/m0/s1. The minimum atomic E-state index is -4.18. The maximum absolute atomic E-state index is 15.2. The highest BCUT2D eigenvalue weighted by Crippen LogP contribution is 2.55. The molecular formula is C28H39FN5O9P. The quantitative estimate of drug-likeness (QED) is 0.267. The maximum Gasteiger partial charge on any atom is 0.478 e. The summed E-state index contributed by atoms with van der Waals surface area (Å²) in [6, 6.07) is 4.42. The molecule has 3 heterocycles. The second-order valence-corrected chi connectivity index (χ2v) is 14.0. The van der Waals surface area contributed by atoms with Crippen LogP contribution >= 0.6 is 7.82 Å². The van der Waals surface area contributed by atoms with Crippen molar-refractivity contribution in [2.45, 2.75) is 78.9 Å². The van der Waals surface area contributed by atoms with Gasteiger partial charge in [0.1, 0.15) is 11.9 Å². The lowest BCUT2D eigenvalue weighted by Crippen LogP contribution is -2.42. The number of cyclic esters (lactones) is 1. The van der Waals surface area contributed by atoms with Crippen LogP contribution in [0.2, 0.25) is 0 Å². The first-order chi connectivity index (χ1) is 20.3. The first kappa shape index (κ1) is 33.4. The molecule has 0 bridgehead atoms. The Bertz CT molecular complexity index is 1420. The average molecular weight is 640 g/mol. The molecule has 3 amide bonds. The van der Waals surface area contributed by atoms with E-state index in [2.05, 4.69) is 5.10 Å². The first-order valence-corrected chi connectivity index (χ1v) is 15.4. The van der Waals surface area contributed by atoms with Crippen LogP contribution in [0.25, 0.3) is 0 Å². The molecule has 2 aliphatic rings. The van der Waals surface area contributed by atoms with Gasteiger partial charge in [0, 0.05) is 32.3 Å². The molecule has 1 fully saturated rings. The Balaban J connectivity index is 1.35. The van der Waals surface area contributed by atoms with Crippen molar-refractivity contribution in [2.24, 2.45) is 7.05 Å². The number of hydrogen-bond acceptors (Lipinski definition) is 11. The number of halogens is 1. The minimum Gasteiger partial charge on any atom is -0.442 e. The van der Waals surface area contributed by atoms with Crippen LogP contribution in [-0.2, 0) is 52.5 Å². The van der Waals surface area contributed by atoms with Crippen molar-refractivity contribution in [3.05, 3.63) is 41.5 Å². The lowest BCUT2D eigenvalue weighted by Gasteiger charge is -2.30. The summed E-state index contributed by atoms with van der Waals surface area (Å²) in [7, 11) is -2.34. The van der Waals surface area contributed by atoms with Gasteiger partial charge in [0.25, 0.3) is 0 Å². The van der Waals surface area contributed by atoms with Gasteiger partial charge < -0.3 is 14.4 Å². The van der Waals surface area contributed by atoms with Crippen LogP contribution in [0.15, 0.2) is 24.4 Å². The van der Waals surface area contributed by atoms with Crippen LogP contribution in [-0.4, -0.2) is 70.0 Å². The Morgan fingerprint density at radius 1 is 1.14 bits per heavy atom. The predicted molar refractivity (Wildman–Crippen MR) is 156 cm³/mol. The Morgan fingerprint density at radius 3 is 2.36 bits per heavy atom. The molecule has 2 aliphatic heterocycles. The molecule has 0 spiro atoms. The van der Waals surface area contributed by atoms with Crippen molar-refractivity contribution in [2.75, 3.05) is 29.7 Å². The highest BCUT2D eigenvalue weighted by molar-refractivity contribution is 7.48. The smallest absolute Gasteiger partial charge is 0.442 e. The number of aromatic nitrogens is 2. The fourth-order valence-electron chi connectivity index (χ4n) is 4.71. The van der Waals surface area contributed by atoms with Crippen LogP contribution in [0.5, 0.6) is 0 Å². The fraction of sp³-hybridized carbons (Fsp3) is 0.571. The number of hydrogen-bond donors (Lipinski definition) is 0. The van der Waals surface area contributed by atoms with Crippen molar-refractivity contribution < 1.29 is 46.4 Å². The summed E-state index contributed by atoms with van der Waals surface area (Å²) in [4.78, 5) is 41.5. The number of fused-ring (bicyclic) bond motifs is 1. The molecule has 1 aromatic carbocycles. The fourth-order valence-corrected chi connectivity index (χ4v) is 6.37. The van der Waals surface area contributed by atoms with E-state index in [9.17, 15) is 18.9 Å². The van der Waals surface area contributed by atoms with E-state index < -0.39 is 55.8 Å². The number of phosphoric ester groups is 1. The van der Waals surface area contributed by atoms with Crippen molar-refractivity contribution >= 4 is 37.3 Å². The van der Waals surface area contributed by atoms with E-state index in [1.54, 1.807) is 58.4 Å². The van der Waals surface area contributed by atoms with E-state index in [-0.39, 0.29) is 18.8 Å². The number of phosphoric acid groups is 1. The third-order valence-electron chi connectivity index (χ3n) is 6.30. The molecule has 1 atom stereocenters. The van der Waals surface area contributed by atoms with Crippen molar-refractivity contribution in [3.8, 4) is 0 Å². The zero-order valence-electron chi connectivity index (χ0n) is 26.2. The number of ether oxygens (including phenoxy) is 2. The number of rotatable bonds is 9. The van der Waals surface area contributed by atoms with Gasteiger partial charge in [-0.1, -0.05) is 0 Å². The van der Waals surface area contributed by atoms with Gasteiger partial charge in [-0.05, 0) is 59.7 Å². The van der Waals surface area contributed by atoms with E-state index in [0.717, 1.165) is 18.2 Å². The molecule has 242 valence electrons. The largest absolute Gasteiger partial charge is 0.478 e. The number of carbonyl (C=O) groups excluding carboxylic acids is 3. The average Bonchev–Trinajstić information content (AvgIpc) is 3.51. The van der Waals surface area contributed by atoms with Crippen LogP contribution in [0.1, 0.15) is 59.7 Å². The van der Waals surface area contributed by atoms with Gasteiger partial charge in [-0.2, -0.15) is 5.10 Å². The summed E-state index contributed by atoms with van der Waals surface area (Å²) in [5, 5.41) is 4.39. The second kappa shape index (κ2) is 12.5. The summed E-state index contributed by atoms with van der Waals surface area (Å²) in [6.07, 6.45) is -0.916. The molecule has 0 radical (unpaired) electrons. The van der Waals surface area contributed by atoms with Crippen LogP contribution in [0, 0.1) is 5.82 Å². The van der Waals surface area contributed by atoms with Gasteiger partial charge in [-0.15, -0.1) is 0 Å². The van der Waals surface area contributed by atoms with Gasteiger partial charge in [0.05, 0.1) is 47.9 Å². The highest BCUT2D eigenvalue weighted by Gasteiger charge is 2.39. The van der Waals surface area contributed by atoms with E-state index in [1.165, 1.54) is 11.0 Å². The first-order valence-electron chi connectivity index (χ1n) is 14.0. The van der Waals surface area contributed by atoms with Crippen LogP contribution < -0.4 is 9.80 Å². The van der Waals surface area contributed by atoms with Gasteiger partial charge in [-0.3, -0.25) is 23.4 Å². The maximum atomic E-state index is 15.2. The van der Waals surface area contributed by atoms with E-state index in [4.69, 9.17) is 23.0 Å². The lowest BCUT2D eigenvalue weighted by molar-refractivity contribution is -0.128. The SMILES string of the molecule is CC(=O)N(C[C@H]1CN(c2ccc(N3Cc4cn(C)nc4C3)c(F)c2)C(=O)O1)C(=O)OCOP(=O)(OC(C)(C)C)OC(C)(C)C. The summed E-state index contributed by atoms with van der Waals surface area (Å²) in [5.74, 6) is -1.22. The minimum absolute atomic E-state index is 0.0566. The summed E-state index contributed by atoms with van der Waals surface area (Å²) in [5.41, 5.74) is 0.718. The van der Waals surface area contributed by atoms with Crippen molar-refractivity contribution in [3.63, 3.8) is 0 Å². The molecule has 44 heavy (non-hydrogen) atoms. The highest BCUT2D eigenvalue weighted by atomic mass is 31.2. The lowest BCUT2D eigenvalue weighted by atomic mass is 10.2. The number of amides is 3. The van der Waals surface area contributed by atoms with Gasteiger partial charge in [0.2, 0.25) is 12.7 Å². The number of anilines is 2. The number of carbonyl (C=O) groups is 3. The molecule has 0 unspecified atom stereocenters. The summed E-state index contributed by atoms with van der Waals surface area (Å²) < 4.78 is 56.6. The van der Waals surface area contributed by atoms with Gasteiger partial charge in [0.15, 0.2) is 0 Å². The van der Waals surface area contributed by atoms with Crippen molar-refractivity contribution in [1.82, 2.24) is 14.7 Å². The third-order valence-corrected chi connectivity index (χ3v) is 8.27. The normalized spacial score (nSPS) is 17.1. The Hall–Kier alpha value is -3.52. The van der Waals surface area contributed by atoms with Crippen LogP contribution in [0.4, 0.5) is 25.4 Å². The van der Waals surface area contributed by atoms with E-state index in [0.29, 0.717) is 23.7 Å². The monoisotopic (exact) mass is 639 g/mol. The molecular weight excluding hydrogens is 600 g/mol. The zero-order valence-corrected chi connectivity index (χ0v) is 27.1. The number of nitrogens with zero attached hydrogens (tertiary/aromatic N) is 5. The van der Waals surface area contributed by atoms with Crippen LogP contribution in [0.3, 0.4) is 0 Å². The molecule has 16 heteroatoms. The Labute approximate surface area is 255 Å². The summed E-state index contributed by atoms with van der Waals surface area (Å²) in [6.45, 7) is 10.8. The Morgan fingerprint density at radius 2 is 1.80 bits per heavy atom. The Kier molecular flexibility index (Phi) is 9.46. The zero-order chi connectivity index (χ0) is 32.6. The second-order valence-electron chi connectivity index (χ2n) is 12.5. The van der Waals surface area contributed by atoms with Crippen molar-refractivity contribution in [1.29, 1.82) is 0 Å². The molecule has 0 N–H and O–H groups in total. The predicted octanol–water partition coefficient (Wildman–Crippen LogP) is 5.10. The van der Waals surface area contributed by atoms with Gasteiger partial charge in [-0.25, -0.2) is 28.0 Å². The van der Waals surface area contributed by atoms with E-state index >= 15 is 4.39 Å². The summed E-state index contributed by atoms with van der Waals surface area (Å²) >= 11 is 0. The topological polar surface area (TPSA) is 142 Å². The van der Waals surface area contributed by atoms with Gasteiger partial charge >= 0.3 is 20.0 Å². The molecule has 2 aromatic rings. The van der Waals surface area contributed by atoms with E-state index in [1.807, 2.05) is 18.1 Å². The third kappa shape index (κ3) is 8.35. The number of aryl methyl sites for hydroxylation is 1. The molecule has 1 saturated heterocycles. The molecule has 0 saturated carbocycles. The number of benzene rings is 1.